The molecule has 0 amide bonds. The van der Waals surface area contributed by atoms with Crippen LogP contribution in [0.3, 0.4) is 0 Å². The fraction of sp³-hybridized carbons (Fsp3) is 0.647. The Hall–Kier alpha value is -0.820. The Labute approximate surface area is 111 Å². The van der Waals surface area contributed by atoms with Crippen molar-refractivity contribution in [2.24, 2.45) is 22.7 Å². The molecule has 2 aliphatic rings. The van der Waals surface area contributed by atoms with Crippen LogP contribution in [0, 0.1) is 22.7 Å². The molecule has 0 aromatic heterocycles. The second kappa shape index (κ2) is 4.09. The van der Waals surface area contributed by atoms with E-state index in [0.29, 0.717) is 10.8 Å². The zero-order chi connectivity index (χ0) is 12.8. The first-order valence-corrected chi connectivity index (χ1v) is 7.26. The monoisotopic (exact) mass is 243 g/mol. The van der Waals surface area contributed by atoms with Crippen LogP contribution in [-0.4, -0.2) is 6.54 Å². The van der Waals surface area contributed by atoms with Gasteiger partial charge in [0.2, 0.25) is 0 Å². The van der Waals surface area contributed by atoms with E-state index in [1.165, 1.54) is 24.9 Å². The number of hydrogen-bond acceptors (Lipinski definition) is 1. The van der Waals surface area contributed by atoms with Crippen molar-refractivity contribution in [3.8, 4) is 0 Å². The predicted octanol–water partition coefficient (Wildman–Crippen LogP) is 3.85. The summed E-state index contributed by atoms with van der Waals surface area (Å²) in [5.41, 5.74) is 2.59. The maximum atomic E-state index is 3.65. The van der Waals surface area contributed by atoms with Gasteiger partial charge in [0.1, 0.15) is 0 Å². The van der Waals surface area contributed by atoms with E-state index in [1.807, 2.05) is 0 Å². The number of nitrogens with one attached hydrogen (secondary N) is 1. The summed E-state index contributed by atoms with van der Waals surface area (Å²) in [5.74, 6) is 2.00. The lowest BCUT2D eigenvalue weighted by atomic mass is 9.80. The smallest absolute Gasteiger partial charge is 0.0205 e. The second-order valence-corrected chi connectivity index (χ2v) is 7.34. The van der Waals surface area contributed by atoms with Gasteiger partial charge in [-0.25, -0.2) is 0 Å². The van der Waals surface area contributed by atoms with Crippen LogP contribution in [-0.2, 0) is 6.54 Å². The van der Waals surface area contributed by atoms with Gasteiger partial charge in [-0.1, -0.05) is 51.1 Å². The molecule has 0 spiro atoms. The van der Waals surface area contributed by atoms with Crippen molar-refractivity contribution >= 4 is 0 Å². The van der Waals surface area contributed by atoms with E-state index in [0.717, 1.165) is 18.4 Å². The molecule has 1 heteroatoms. The highest BCUT2D eigenvalue weighted by molar-refractivity contribution is 5.15. The second-order valence-electron chi connectivity index (χ2n) is 7.34. The Kier molecular flexibility index (Phi) is 2.78. The summed E-state index contributed by atoms with van der Waals surface area (Å²) in [6.07, 6.45) is 2.85. The first-order valence-electron chi connectivity index (χ1n) is 7.26. The number of hydrogen-bond donors (Lipinski definition) is 1. The SMILES string of the molecule is CC1(C)C2C[C@](C)(CNCc3ccccc3)C[C@@H]21. The highest BCUT2D eigenvalue weighted by Crippen LogP contribution is 2.71. The molecule has 1 aromatic carbocycles. The normalized spacial score (nSPS) is 36.4. The van der Waals surface area contributed by atoms with Crippen LogP contribution in [0.5, 0.6) is 0 Å². The molecule has 0 radical (unpaired) electrons. The van der Waals surface area contributed by atoms with Crippen LogP contribution in [0.15, 0.2) is 30.3 Å². The minimum atomic E-state index is 0.541. The molecule has 1 aromatic rings. The lowest BCUT2D eigenvalue weighted by Crippen LogP contribution is -2.31. The molecule has 0 aliphatic heterocycles. The highest BCUT2D eigenvalue weighted by Gasteiger charge is 2.64. The maximum absolute atomic E-state index is 3.65. The summed E-state index contributed by atoms with van der Waals surface area (Å²) in [4.78, 5) is 0. The average Bonchev–Trinajstić information content (AvgIpc) is 2.71. The minimum Gasteiger partial charge on any atom is -0.312 e. The molecule has 2 aliphatic carbocycles. The summed E-state index contributed by atoms with van der Waals surface area (Å²) < 4.78 is 0. The topological polar surface area (TPSA) is 12.0 Å². The molecule has 18 heavy (non-hydrogen) atoms. The van der Waals surface area contributed by atoms with Gasteiger partial charge in [-0.15, -0.1) is 0 Å². The fourth-order valence-corrected chi connectivity index (χ4v) is 4.06. The Morgan fingerprint density at radius 2 is 1.67 bits per heavy atom. The number of benzene rings is 1. The molecule has 1 nitrogen and oxygen atoms in total. The summed E-state index contributed by atoms with van der Waals surface area (Å²) in [6, 6.07) is 10.7. The van der Waals surface area contributed by atoms with Crippen molar-refractivity contribution < 1.29 is 0 Å². The van der Waals surface area contributed by atoms with Gasteiger partial charge >= 0.3 is 0 Å². The van der Waals surface area contributed by atoms with Crippen LogP contribution in [0.1, 0.15) is 39.2 Å². The van der Waals surface area contributed by atoms with Crippen molar-refractivity contribution in [2.45, 2.75) is 40.2 Å². The molecule has 3 atom stereocenters. The van der Waals surface area contributed by atoms with Gasteiger partial charge in [0.05, 0.1) is 0 Å². The van der Waals surface area contributed by atoms with Crippen molar-refractivity contribution in [1.29, 1.82) is 0 Å². The minimum absolute atomic E-state index is 0.541. The van der Waals surface area contributed by atoms with Crippen LogP contribution >= 0.6 is 0 Å². The molecule has 2 saturated carbocycles. The number of fused-ring (bicyclic) bond motifs is 1. The molecule has 0 bridgehead atoms. The van der Waals surface area contributed by atoms with E-state index in [2.05, 4.69) is 56.4 Å². The third-order valence-electron chi connectivity index (χ3n) is 5.44. The molecular formula is C17H25N. The maximum Gasteiger partial charge on any atom is 0.0205 e. The van der Waals surface area contributed by atoms with Crippen LogP contribution < -0.4 is 5.32 Å². The van der Waals surface area contributed by atoms with Gasteiger partial charge in [0.25, 0.3) is 0 Å². The molecule has 0 heterocycles. The molecule has 0 saturated heterocycles. The number of rotatable bonds is 4. The fourth-order valence-electron chi connectivity index (χ4n) is 4.06. The summed E-state index contributed by atoms with van der Waals surface area (Å²) in [7, 11) is 0. The van der Waals surface area contributed by atoms with Gasteiger partial charge in [0.15, 0.2) is 0 Å². The van der Waals surface area contributed by atoms with Crippen LogP contribution in [0.25, 0.3) is 0 Å². The Morgan fingerprint density at radius 1 is 1.06 bits per heavy atom. The van der Waals surface area contributed by atoms with E-state index in [-0.39, 0.29) is 0 Å². The third-order valence-corrected chi connectivity index (χ3v) is 5.44. The van der Waals surface area contributed by atoms with Gasteiger partial charge < -0.3 is 5.32 Å². The Morgan fingerprint density at radius 3 is 2.28 bits per heavy atom. The van der Waals surface area contributed by atoms with Crippen LogP contribution in [0.4, 0.5) is 0 Å². The largest absolute Gasteiger partial charge is 0.312 e. The highest BCUT2D eigenvalue weighted by atomic mass is 14.9. The van der Waals surface area contributed by atoms with E-state index in [4.69, 9.17) is 0 Å². The van der Waals surface area contributed by atoms with Crippen LogP contribution in [0.2, 0.25) is 0 Å². The average molecular weight is 243 g/mol. The van der Waals surface area contributed by atoms with Crippen molar-refractivity contribution in [3.05, 3.63) is 35.9 Å². The standard InChI is InChI=1S/C17H25N/c1-16(2)14-9-17(3,10-15(14)16)12-18-11-13-7-5-4-6-8-13/h4-8,14-15,18H,9-12H2,1-3H3/t14-,15?,17+/m0/s1. The van der Waals surface area contributed by atoms with E-state index in [1.54, 1.807) is 0 Å². The van der Waals surface area contributed by atoms with Crippen molar-refractivity contribution in [2.75, 3.05) is 6.54 Å². The molecule has 1 N–H and O–H groups in total. The Balaban J connectivity index is 1.48. The molecule has 2 fully saturated rings. The summed E-state index contributed by atoms with van der Waals surface area (Å²) in [5, 5.41) is 3.65. The molecule has 3 rings (SSSR count). The third kappa shape index (κ3) is 2.09. The predicted molar refractivity (Wildman–Crippen MR) is 76.3 cm³/mol. The van der Waals surface area contributed by atoms with Gasteiger partial charge in [-0.3, -0.25) is 0 Å². The summed E-state index contributed by atoms with van der Waals surface area (Å²) in [6.45, 7) is 9.53. The van der Waals surface area contributed by atoms with Gasteiger partial charge in [0, 0.05) is 13.1 Å². The van der Waals surface area contributed by atoms with Gasteiger partial charge in [-0.05, 0) is 41.1 Å². The lowest BCUT2D eigenvalue weighted by Gasteiger charge is -2.29. The van der Waals surface area contributed by atoms with E-state index in [9.17, 15) is 0 Å². The zero-order valence-electron chi connectivity index (χ0n) is 11.9. The molecule has 98 valence electrons. The summed E-state index contributed by atoms with van der Waals surface area (Å²) >= 11 is 0. The Bertz CT molecular complexity index is 406. The quantitative estimate of drug-likeness (QED) is 0.847. The van der Waals surface area contributed by atoms with E-state index < -0.39 is 0 Å². The van der Waals surface area contributed by atoms with Crippen molar-refractivity contribution in [1.82, 2.24) is 5.32 Å². The van der Waals surface area contributed by atoms with Crippen molar-refractivity contribution in [3.63, 3.8) is 0 Å². The van der Waals surface area contributed by atoms with Gasteiger partial charge in [-0.2, -0.15) is 0 Å². The van der Waals surface area contributed by atoms with E-state index >= 15 is 0 Å². The first kappa shape index (κ1) is 12.2. The zero-order valence-corrected chi connectivity index (χ0v) is 11.9. The first-order chi connectivity index (χ1) is 8.51. The molecule has 1 unspecified atom stereocenters. The lowest BCUT2D eigenvalue weighted by molar-refractivity contribution is 0.239. The molecular weight excluding hydrogens is 218 g/mol.